The third-order valence-electron chi connectivity index (χ3n) is 5.09. The van der Waals surface area contributed by atoms with Gasteiger partial charge in [-0.3, -0.25) is 0 Å². The molecule has 3 heteroatoms. The third kappa shape index (κ3) is 4.79. The summed E-state index contributed by atoms with van der Waals surface area (Å²) < 4.78 is 13.2. The molecule has 118 valence electrons. The zero-order chi connectivity index (χ0) is 15.2. The molecular formula is C18H29FN2. The summed E-state index contributed by atoms with van der Waals surface area (Å²) >= 11 is 0. The molecule has 1 aliphatic carbocycles. The Morgan fingerprint density at radius 2 is 2.00 bits per heavy atom. The van der Waals surface area contributed by atoms with Crippen LogP contribution in [0.5, 0.6) is 0 Å². The quantitative estimate of drug-likeness (QED) is 0.854. The topological polar surface area (TPSA) is 29.3 Å². The molecule has 2 nitrogen and oxygen atoms in total. The van der Waals surface area contributed by atoms with Gasteiger partial charge in [0, 0.05) is 12.1 Å². The summed E-state index contributed by atoms with van der Waals surface area (Å²) in [5.74, 6) is 0.735. The van der Waals surface area contributed by atoms with Crippen LogP contribution >= 0.6 is 0 Å². The fourth-order valence-corrected chi connectivity index (χ4v) is 3.42. The predicted octanol–water partition coefficient (Wildman–Crippen LogP) is 4.12. The van der Waals surface area contributed by atoms with E-state index in [1.54, 1.807) is 12.1 Å². The van der Waals surface area contributed by atoms with Crippen LogP contribution in [0.4, 0.5) is 4.39 Å². The van der Waals surface area contributed by atoms with E-state index in [1.807, 2.05) is 6.07 Å². The minimum absolute atomic E-state index is 0.0740. The second-order valence-electron chi connectivity index (χ2n) is 6.51. The lowest BCUT2D eigenvalue weighted by molar-refractivity contribution is 0.159. The molecule has 0 amide bonds. The molecule has 0 heterocycles. The third-order valence-corrected chi connectivity index (χ3v) is 5.09. The van der Waals surface area contributed by atoms with Crippen molar-refractivity contribution in [2.24, 2.45) is 11.7 Å². The first kappa shape index (κ1) is 16.4. The summed E-state index contributed by atoms with van der Waals surface area (Å²) in [6, 6.07) is 7.30. The van der Waals surface area contributed by atoms with E-state index in [0.717, 1.165) is 24.4 Å². The van der Waals surface area contributed by atoms with Gasteiger partial charge in [0.2, 0.25) is 0 Å². The highest BCUT2D eigenvalue weighted by Crippen LogP contribution is 2.29. The fraction of sp³-hybridized carbons (Fsp3) is 0.667. The average molecular weight is 292 g/mol. The van der Waals surface area contributed by atoms with Crippen LogP contribution in [0.15, 0.2) is 24.3 Å². The van der Waals surface area contributed by atoms with Gasteiger partial charge in [-0.2, -0.15) is 0 Å². The smallest absolute Gasteiger partial charge is 0.123 e. The lowest BCUT2D eigenvalue weighted by Gasteiger charge is -2.35. The van der Waals surface area contributed by atoms with Gasteiger partial charge in [-0.1, -0.05) is 25.5 Å². The summed E-state index contributed by atoms with van der Waals surface area (Å²) in [5, 5.41) is 0. The van der Waals surface area contributed by atoms with Gasteiger partial charge >= 0.3 is 0 Å². The Morgan fingerprint density at radius 3 is 2.62 bits per heavy atom. The monoisotopic (exact) mass is 292 g/mol. The van der Waals surface area contributed by atoms with E-state index in [2.05, 4.69) is 18.9 Å². The highest BCUT2D eigenvalue weighted by Gasteiger charge is 2.23. The van der Waals surface area contributed by atoms with Crippen LogP contribution in [0.25, 0.3) is 0 Å². The Labute approximate surface area is 128 Å². The molecule has 1 atom stereocenters. The Balaban J connectivity index is 1.77. The predicted molar refractivity (Wildman–Crippen MR) is 86.6 cm³/mol. The second kappa shape index (κ2) is 7.90. The van der Waals surface area contributed by atoms with E-state index >= 15 is 0 Å². The van der Waals surface area contributed by atoms with Crippen molar-refractivity contribution in [1.82, 2.24) is 4.90 Å². The molecule has 21 heavy (non-hydrogen) atoms. The molecule has 1 aromatic rings. The standard InChI is InChI=1S/C18H29FN2/c1-3-14-7-9-17(10-8-14)21(2)12-11-18(20)15-5-4-6-16(19)13-15/h4-6,13-14,17-18H,3,7-12,20H2,1-2H3. The van der Waals surface area contributed by atoms with Crippen molar-refractivity contribution in [3.05, 3.63) is 35.6 Å². The van der Waals surface area contributed by atoms with Crippen LogP contribution in [0, 0.1) is 11.7 Å². The number of nitrogens with zero attached hydrogens (tertiary/aromatic N) is 1. The zero-order valence-electron chi connectivity index (χ0n) is 13.4. The number of nitrogens with two attached hydrogens (primary N) is 1. The summed E-state index contributed by atoms with van der Waals surface area (Å²) in [6.45, 7) is 3.28. The van der Waals surface area contributed by atoms with Gasteiger partial charge < -0.3 is 10.6 Å². The molecule has 1 aromatic carbocycles. The molecule has 2 rings (SSSR count). The van der Waals surface area contributed by atoms with Crippen LogP contribution in [0.3, 0.4) is 0 Å². The van der Waals surface area contributed by atoms with E-state index in [1.165, 1.54) is 38.2 Å². The van der Waals surface area contributed by atoms with Gasteiger partial charge in [-0.15, -0.1) is 0 Å². The summed E-state index contributed by atoms with van der Waals surface area (Å²) in [6.07, 6.45) is 7.55. The number of rotatable bonds is 6. The normalized spacial score (nSPS) is 24.2. The molecule has 0 radical (unpaired) electrons. The lowest BCUT2D eigenvalue weighted by atomic mass is 9.84. The van der Waals surface area contributed by atoms with Crippen LogP contribution in [-0.2, 0) is 0 Å². The van der Waals surface area contributed by atoms with Gasteiger partial charge in [-0.25, -0.2) is 4.39 Å². The maximum atomic E-state index is 13.2. The van der Waals surface area contributed by atoms with Gasteiger partial charge in [0.25, 0.3) is 0 Å². The van der Waals surface area contributed by atoms with Gasteiger partial charge in [0.1, 0.15) is 5.82 Å². The second-order valence-corrected chi connectivity index (χ2v) is 6.51. The van der Waals surface area contributed by atoms with Crippen molar-refractivity contribution in [2.45, 2.75) is 57.5 Å². The van der Waals surface area contributed by atoms with Crippen molar-refractivity contribution in [3.63, 3.8) is 0 Å². The molecule has 1 aliphatic rings. The maximum absolute atomic E-state index is 13.2. The van der Waals surface area contributed by atoms with Gasteiger partial charge in [0.15, 0.2) is 0 Å². The van der Waals surface area contributed by atoms with E-state index in [9.17, 15) is 4.39 Å². The Morgan fingerprint density at radius 1 is 1.29 bits per heavy atom. The fourth-order valence-electron chi connectivity index (χ4n) is 3.42. The maximum Gasteiger partial charge on any atom is 0.123 e. The van der Waals surface area contributed by atoms with Gasteiger partial charge in [-0.05, 0) is 69.3 Å². The molecule has 0 bridgehead atoms. The SMILES string of the molecule is CCC1CCC(N(C)CCC(N)c2cccc(F)c2)CC1. The van der Waals surface area contributed by atoms with Crippen LogP contribution in [0.2, 0.25) is 0 Å². The van der Waals surface area contributed by atoms with E-state index in [-0.39, 0.29) is 11.9 Å². The molecule has 0 spiro atoms. The molecule has 1 fully saturated rings. The molecule has 0 aromatic heterocycles. The first-order valence-corrected chi connectivity index (χ1v) is 8.31. The number of halogens is 1. The highest BCUT2D eigenvalue weighted by molar-refractivity contribution is 5.19. The molecule has 2 N–H and O–H groups in total. The van der Waals surface area contributed by atoms with E-state index in [0.29, 0.717) is 6.04 Å². The van der Waals surface area contributed by atoms with E-state index in [4.69, 9.17) is 5.73 Å². The van der Waals surface area contributed by atoms with E-state index < -0.39 is 0 Å². The molecular weight excluding hydrogens is 263 g/mol. The zero-order valence-corrected chi connectivity index (χ0v) is 13.4. The molecule has 1 saturated carbocycles. The Hall–Kier alpha value is -0.930. The van der Waals surface area contributed by atoms with Crippen molar-refractivity contribution >= 4 is 0 Å². The summed E-state index contributed by atoms with van der Waals surface area (Å²) in [5.41, 5.74) is 7.09. The minimum Gasteiger partial charge on any atom is -0.324 e. The van der Waals surface area contributed by atoms with Gasteiger partial charge in [0.05, 0.1) is 0 Å². The highest BCUT2D eigenvalue weighted by atomic mass is 19.1. The summed E-state index contributed by atoms with van der Waals surface area (Å²) in [4.78, 5) is 2.45. The Bertz CT molecular complexity index is 427. The van der Waals surface area contributed by atoms with Crippen LogP contribution < -0.4 is 5.73 Å². The molecule has 1 unspecified atom stereocenters. The molecule has 0 saturated heterocycles. The van der Waals surface area contributed by atoms with Crippen LogP contribution in [0.1, 0.15) is 57.1 Å². The molecule has 0 aliphatic heterocycles. The number of benzene rings is 1. The van der Waals surface area contributed by atoms with Crippen molar-refractivity contribution < 1.29 is 4.39 Å². The Kier molecular flexibility index (Phi) is 6.19. The lowest BCUT2D eigenvalue weighted by Crippen LogP contribution is -2.36. The first-order valence-electron chi connectivity index (χ1n) is 8.31. The van der Waals surface area contributed by atoms with Crippen LogP contribution in [-0.4, -0.2) is 24.5 Å². The first-order chi connectivity index (χ1) is 10.1. The largest absolute Gasteiger partial charge is 0.324 e. The van der Waals surface area contributed by atoms with Crippen molar-refractivity contribution in [3.8, 4) is 0 Å². The minimum atomic E-state index is -0.200. The van der Waals surface area contributed by atoms with Crippen molar-refractivity contribution in [2.75, 3.05) is 13.6 Å². The summed E-state index contributed by atoms with van der Waals surface area (Å²) in [7, 11) is 2.20. The average Bonchev–Trinajstić information content (AvgIpc) is 2.52. The van der Waals surface area contributed by atoms with Crippen molar-refractivity contribution in [1.29, 1.82) is 0 Å². The number of hydrogen-bond donors (Lipinski definition) is 1. The number of hydrogen-bond acceptors (Lipinski definition) is 2.